The van der Waals surface area contributed by atoms with Gasteiger partial charge in [-0.05, 0) is 41.8 Å². The molecule has 0 bridgehead atoms. The fourth-order valence-corrected chi connectivity index (χ4v) is 4.58. The Labute approximate surface area is 219 Å². The largest absolute Gasteiger partial charge is 0.493 e. The Hall–Kier alpha value is -4.66. The van der Waals surface area contributed by atoms with Gasteiger partial charge in [0.1, 0.15) is 5.82 Å². The molecule has 9 heteroatoms. The second-order valence-electron chi connectivity index (χ2n) is 8.93. The predicted molar refractivity (Wildman–Crippen MR) is 145 cm³/mol. The fraction of sp³-hybridized carbons (Fsp3) is 0.241. The number of nitrogens with one attached hydrogen (secondary N) is 1. The average molecular weight is 512 g/mol. The number of carbonyl (C=O) groups is 1. The highest BCUT2D eigenvalue weighted by atomic mass is 16.5. The first-order chi connectivity index (χ1) is 18.6. The van der Waals surface area contributed by atoms with Crippen molar-refractivity contribution in [1.82, 2.24) is 24.5 Å². The molecule has 0 radical (unpaired) electrons. The van der Waals surface area contributed by atoms with E-state index in [0.29, 0.717) is 54.4 Å². The molecule has 2 heterocycles. The third-order valence-electron chi connectivity index (χ3n) is 6.52. The summed E-state index contributed by atoms with van der Waals surface area (Å²) in [6.45, 7) is 0.872. The summed E-state index contributed by atoms with van der Waals surface area (Å²) >= 11 is 0. The Bertz CT molecular complexity index is 1640. The standard InChI is InChI=1S/C29H29N5O4/c1-37-24-13-12-20(18-25(24)38-2)16-17-30-27(35)15-14-26-31-32-29-33(19-21-8-4-3-5-9-21)28(36)22-10-6-7-11-23(22)34(26)29/h3-13,18H,14-17,19H2,1-2H3,(H,30,35). The van der Waals surface area contributed by atoms with E-state index in [1.807, 2.05) is 77.2 Å². The Morgan fingerprint density at radius 1 is 0.868 bits per heavy atom. The van der Waals surface area contributed by atoms with Crippen molar-refractivity contribution >= 4 is 22.6 Å². The third kappa shape index (κ3) is 5.08. The molecular weight excluding hydrogens is 482 g/mol. The fourth-order valence-electron chi connectivity index (χ4n) is 4.58. The van der Waals surface area contributed by atoms with E-state index in [2.05, 4.69) is 15.5 Å². The normalized spacial score (nSPS) is 11.1. The van der Waals surface area contributed by atoms with E-state index >= 15 is 0 Å². The minimum Gasteiger partial charge on any atom is -0.493 e. The highest BCUT2D eigenvalue weighted by Gasteiger charge is 2.17. The average Bonchev–Trinajstić information content (AvgIpc) is 3.38. The van der Waals surface area contributed by atoms with Crippen LogP contribution in [0.15, 0.2) is 77.6 Å². The van der Waals surface area contributed by atoms with Crippen LogP contribution >= 0.6 is 0 Å². The van der Waals surface area contributed by atoms with E-state index in [0.717, 1.165) is 16.6 Å². The van der Waals surface area contributed by atoms with Crippen molar-refractivity contribution in [3.63, 3.8) is 0 Å². The number of benzene rings is 3. The smallest absolute Gasteiger partial charge is 0.263 e. The molecule has 194 valence electrons. The molecule has 1 N–H and O–H groups in total. The zero-order chi connectivity index (χ0) is 26.5. The number of rotatable bonds is 10. The van der Waals surface area contributed by atoms with Crippen LogP contribution < -0.4 is 20.3 Å². The molecule has 0 aliphatic carbocycles. The number of hydrogen-bond donors (Lipinski definition) is 1. The first-order valence-electron chi connectivity index (χ1n) is 12.5. The molecule has 0 atom stereocenters. The minimum absolute atomic E-state index is 0.0795. The molecule has 38 heavy (non-hydrogen) atoms. The second kappa shape index (κ2) is 11.2. The topological polar surface area (TPSA) is 99.7 Å². The lowest BCUT2D eigenvalue weighted by molar-refractivity contribution is -0.121. The maximum atomic E-state index is 13.3. The zero-order valence-electron chi connectivity index (χ0n) is 21.4. The Kier molecular flexibility index (Phi) is 7.35. The summed E-state index contributed by atoms with van der Waals surface area (Å²) < 4.78 is 14.1. The lowest BCUT2D eigenvalue weighted by Crippen LogP contribution is -2.26. The molecule has 0 fully saturated rings. The van der Waals surface area contributed by atoms with Crippen LogP contribution in [0.4, 0.5) is 0 Å². The van der Waals surface area contributed by atoms with E-state index in [-0.39, 0.29) is 17.9 Å². The third-order valence-corrected chi connectivity index (χ3v) is 6.52. The molecule has 2 aromatic heterocycles. The Morgan fingerprint density at radius 3 is 2.42 bits per heavy atom. The number of amides is 1. The molecule has 0 saturated carbocycles. The highest BCUT2D eigenvalue weighted by Crippen LogP contribution is 2.27. The summed E-state index contributed by atoms with van der Waals surface area (Å²) in [5, 5.41) is 12.3. The summed E-state index contributed by atoms with van der Waals surface area (Å²) in [6, 6.07) is 22.9. The van der Waals surface area contributed by atoms with Crippen LogP contribution in [-0.4, -0.2) is 45.8 Å². The molecule has 1 amide bonds. The van der Waals surface area contributed by atoms with Crippen molar-refractivity contribution < 1.29 is 14.3 Å². The van der Waals surface area contributed by atoms with E-state index in [1.54, 1.807) is 18.8 Å². The molecule has 0 aliphatic heterocycles. The van der Waals surface area contributed by atoms with Crippen molar-refractivity contribution in [2.24, 2.45) is 0 Å². The molecule has 5 rings (SSSR count). The van der Waals surface area contributed by atoms with Crippen molar-refractivity contribution in [2.45, 2.75) is 25.8 Å². The van der Waals surface area contributed by atoms with Crippen LogP contribution in [0.2, 0.25) is 0 Å². The molecule has 0 spiro atoms. The van der Waals surface area contributed by atoms with Crippen LogP contribution in [0.25, 0.3) is 16.7 Å². The van der Waals surface area contributed by atoms with Gasteiger partial charge in [-0.3, -0.25) is 18.6 Å². The van der Waals surface area contributed by atoms with Gasteiger partial charge >= 0.3 is 0 Å². The van der Waals surface area contributed by atoms with Gasteiger partial charge in [-0.2, -0.15) is 0 Å². The van der Waals surface area contributed by atoms with Crippen molar-refractivity contribution in [3.05, 3.63) is 100 Å². The summed E-state index contributed by atoms with van der Waals surface area (Å²) in [7, 11) is 3.20. The van der Waals surface area contributed by atoms with Crippen molar-refractivity contribution in [3.8, 4) is 11.5 Å². The van der Waals surface area contributed by atoms with Gasteiger partial charge in [0.2, 0.25) is 11.7 Å². The van der Waals surface area contributed by atoms with Crippen LogP contribution in [-0.2, 0) is 24.2 Å². The zero-order valence-corrected chi connectivity index (χ0v) is 21.4. The van der Waals surface area contributed by atoms with Crippen LogP contribution in [0.5, 0.6) is 11.5 Å². The number of fused-ring (bicyclic) bond motifs is 3. The molecule has 5 aromatic rings. The van der Waals surface area contributed by atoms with Crippen molar-refractivity contribution in [1.29, 1.82) is 0 Å². The van der Waals surface area contributed by atoms with Gasteiger partial charge in [-0.1, -0.05) is 48.5 Å². The Morgan fingerprint density at radius 2 is 1.63 bits per heavy atom. The summed E-state index contributed by atoms with van der Waals surface area (Å²) in [5.74, 6) is 2.34. The lowest BCUT2D eigenvalue weighted by atomic mass is 10.1. The van der Waals surface area contributed by atoms with E-state index in [1.165, 1.54) is 0 Å². The molecule has 0 saturated heterocycles. The minimum atomic E-state index is -0.121. The van der Waals surface area contributed by atoms with E-state index in [9.17, 15) is 9.59 Å². The monoisotopic (exact) mass is 511 g/mol. The van der Waals surface area contributed by atoms with Gasteiger partial charge in [0, 0.05) is 19.4 Å². The van der Waals surface area contributed by atoms with Crippen LogP contribution in [0.3, 0.4) is 0 Å². The number of para-hydroxylation sites is 1. The summed E-state index contributed by atoms with van der Waals surface area (Å²) in [6.07, 6.45) is 1.30. The van der Waals surface area contributed by atoms with Crippen molar-refractivity contribution in [2.75, 3.05) is 20.8 Å². The predicted octanol–water partition coefficient (Wildman–Crippen LogP) is 3.40. The van der Waals surface area contributed by atoms with Crippen LogP contribution in [0.1, 0.15) is 23.4 Å². The number of methoxy groups -OCH3 is 2. The Balaban J connectivity index is 1.32. The number of aryl methyl sites for hydroxylation is 1. The maximum Gasteiger partial charge on any atom is 0.263 e. The number of aromatic nitrogens is 4. The number of carbonyl (C=O) groups excluding carboxylic acids is 1. The number of ether oxygens (including phenoxy) is 2. The second-order valence-corrected chi connectivity index (χ2v) is 8.93. The van der Waals surface area contributed by atoms with Gasteiger partial charge in [-0.15, -0.1) is 10.2 Å². The SMILES string of the molecule is COc1ccc(CCNC(=O)CCc2nnc3n(Cc4ccccc4)c(=O)c4ccccc4n23)cc1OC. The van der Waals surface area contributed by atoms with Gasteiger partial charge < -0.3 is 14.8 Å². The molecule has 0 aliphatic rings. The van der Waals surface area contributed by atoms with E-state index in [4.69, 9.17) is 9.47 Å². The maximum absolute atomic E-state index is 13.3. The summed E-state index contributed by atoms with van der Waals surface area (Å²) in [5.41, 5.74) is 2.63. The van der Waals surface area contributed by atoms with Gasteiger partial charge in [0.05, 0.1) is 31.7 Å². The quantitative estimate of drug-likeness (QED) is 0.309. The van der Waals surface area contributed by atoms with Gasteiger partial charge in [0.25, 0.3) is 5.56 Å². The lowest BCUT2D eigenvalue weighted by Gasteiger charge is -2.12. The molecular formula is C29H29N5O4. The molecule has 0 unspecified atom stereocenters. The van der Waals surface area contributed by atoms with Gasteiger partial charge in [0.15, 0.2) is 11.5 Å². The number of hydrogen-bond acceptors (Lipinski definition) is 6. The molecule has 3 aromatic carbocycles. The first kappa shape index (κ1) is 25.0. The summed E-state index contributed by atoms with van der Waals surface area (Å²) in [4.78, 5) is 26.0. The van der Waals surface area contributed by atoms with E-state index < -0.39 is 0 Å². The van der Waals surface area contributed by atoms with Crippen LogP contribution in [0, 0.1) is 0 Å². The van der Waals surface area contributed by atoms with Gasteiger partial charge in [-0.25, -0.2) is 0 Å². The molecule has 9 nitrogen and oxygen atoms in total. The highest BCUT2D eigenvalue weighted by molar-refractivity contribution is 5.80. The number of nitrogens with zero attached hydrogens (tertiary/aromatic N) is 4. The first-order valence-corrected chi connectivity index (χ1v) is 12.5.